The van der Waals surface area contributed by atoms with E-state index in [9.17, 15) is 23.7 Å². The molecule has 0 bridgehead atoms. The minimum atomic E-state index is -1.31. The van der Waals surface area contributed by atoms with E-state index in [1.807, 2.05) is 6.26 Å². The second kappa shape index (κ2) is 6.38. The summed E-state index contributed by atoms with van der Waals surface area (Å²) >= 11 is 1.60. The maximum Gasteiger partial charge on any atom is 0.308 e. The van der Waals surface area contributed by atoms with Gasteiger partial charge in [-0.2, -0.15) is 16.2 Å². The number of nitro groups is 1. The van der Waals surface area contributed by atoms with Crippen LogP contribution in [-0.4, -0.2) is 28.4 Å². The van der Waals surface area contributed by atoms with E-state index in [2.05, 4.69) is 5.32 Å². The maximum absolute atomic E-state index is 13.9. The Hall–Kier alpha value is -1.70. The first-order valence-corrected chi connectivity index (χ1v) is 7.70. The van der Waals surface area contributed by atoms with Gasteiger partial charge in [-0.3, -0.25) is 14.9 Å². The summed E-state index contributed by atoms with van der Waals surface area (Å²) in [4.78, 5) is 21.7. The molecule has 0 saturated heterocycles. The molecule has 1 aliphatic carbocycles. The molecule has 1 aromatic rings. The molecule has 21 heavy (non-hydrogen) atoms. The number of hydrogen-bond donors (Lipinski definition) is 1. The summed E-state index contributed by atoms with van der Waals surface area (Å²) in [5, 5.41) is 13.5. The first kappa shape index (κ1) is 15.7. The van der Waals surface area contributed by atoms with Gasteiger partial charge in [0.1, 0.15) is 5.82 Å². The highest BCUT2D eigenvalue weighted by molar-refractivity contribution is 7.99. The average Bonchev–Trinajstić information content (AvgIpc) is 2.87. The molecule has 1 saturated carbocycles. The Bertz CT molecular complexity index is 583. The fourth-order valence-electron chi connectivity index (χ4n) is 2.49. The van der Waals surface area contributed by atoms with Crippen molar-refractivity contribution in [3.05, 3.63) is 39.4 Å². The molecule has 5 nitrogen and oxygen atoms in total. The quantitative estimate of drug-likeness (QED) is 0.685. The topological polar surface area (TPSA) is 72.2 Å². The van der Waals surface area contributed by atoms with Gasteiger partial charge in [0, 0.05) is 11.3 Å². The van der Waals surface area contributed by atoms with Crippen LogP contribution in [0.5, 0.6) is 0 Å². The van der Waals surface area contributed by atoms with Gasteiger partial charge < -0.3 is 5.32 Å². The normalized spacial score (nSPS) is 21.3. The summed E-state index contributed by atoms with van der Waals surface area (Å²) in [5.41, 5.74) is -1.67. The van der Waals surface area contributed by atoms with Gasteiger partial charge in [0.25, 0.3) is 5.91 Å². The lowest BCUT2D eigenvalue weighted by Gasteiger charge is -2.19. The van der Waals surface area contributed by atoms with E-state index >= 15 is 0 Å². The van der Waals surface area contributed by atoms with Crippen LogP contribution in [0.2, 0.25) is 0 Å². The average molecular weight is 316 g/mol. The molecule has 1 N–H and O–H groups in total. The molecule has 0 radical (unpaired) electrons. The van der Waals surface area contributed by atoms with Gasteiger partial charge in [-0.25, -0.2) is 4.39 Å². The minimum absolute atomic E-state index is 0.130. The lowest BCUT2D eigenvalue weighted by Crippen LogP contribution is -2.39. The van der Waals surface area contributed by atoms with E-state index in [1.54, 1.807) is 11.8 Å². The van der Waals surface area contributed by atoms with Crippen LogP contribution in [0.1, 0.15) is 29.6 Å². The van der Waals surface area contributed by atoms with E-state index in [-0.39, 0.29) is 11.3 Å². The number of hydrogen-bond acceptors (Lipinski definition) is 4. The number of nitrogens with zero attached hydrogens (tertiary/aromatic N) is 1. The van der Waals surface area contributed by atoms with E-state index in [0.717, 1.165) is 19.3 Å². The van der Waals surface area contributed by atoms with Crippen molar-refractivity contribution >= 4 is 23.4 Å². The SMILES string of the molecule is CSC1CCCC1NC(=O)c1cc(F)cc([N+](=O)[O-])c1F. The van der Waals surface area contributed by atoms with E-state index in [0.29, 0.717) is 12.1 Å². The Morgan fingerprint density at radius 2 is 2.14 bits per heavy atom. The molecule has 0 aromatic heterocycles. The maximum atomic E-state index is 13.9. The lowest BCUT2D eigenvalue weighted by atomic mass is 10.1. The van der Waals surface area contributed by atoms with Crippen molar-refractivity contribution in [3.8, 4) is 0 Å². The number of halogens is 2. The van der Waals surface area contributed by atoms with Gasteiger partial charge in [0.15, 0.2) is 0 Å². The highest BCUT2D eigenvalue weighted by Crippen LogP contribution is 2.29. The van der Waals surface area contributed by atoms with E-state index < -0.39 is 33.7 Å². The number of thioether (sulfide) groups is 1. The predicted molar refractivity (Wildman–Crippen MR) is 75.4 cm³/mol. The van der Waals surface area contributed by atoms with Gasteiger partial charge in [0.05, 0.1) is 16.6 Å². The van der Waals surface area contributed by atoms with Crippen LogP contribution < -0.4 is 5.32 Å². The monoisotopic (exact) mass is 316 g/mol. The summed E-state index contributed by atoms with van der Waals surface area (Å²) in [6, 6.07) is 1.02. The van der Waals surface area contributed by atoms with Crippen LogP contribution >= 0.6 is 11.8 Å². The number of benzene rings is 1. The molecule has 8 heteroatoms. The van der Waals surface area contributed by atoms with Crippen LogP contribution in [0.25, 0.3) is 0 Å². The number of nitrogens with one attached hydrogen (secondary N) is 1. The third kappa shape index (κ3) is 3.31. The number of carbonyl (C=O) groups excluding carboxylic acids is 1. The van der Waals surface area contributed by atoms with Crippen molar-refractivity contribution in [1.82, 2.24) is 5.32 Å². The minimum Gasteiger partial charge on any atom is -0.348 e. The summed E-state index contributed by atoms with van der Waals surface area (Å²) in [6.45, 7) is 0. The Morgan fingerprint density at radius 3 is 2.76 bits per heavy atom. The molecule has 1 aliphatic rings. The Labute approximate surface area is 124 Å². The zero-order valence-electron chi connectivity index (χ0n) is 11.3. The van der Waals surface area contributed by atoms with Crippen molar-refractivity contribution in [1.29, 1.82) is 0 Å². The van der Waals surface area contributed by atoms with Crippen molar-refractivity contribution in [3.63, 3.8) is 0 Å². The summed E-state index contributed by atoms with van der Waals surface area (Å²) in [5.74, 6) is -3.14. The molecular weight excluding hydrogens is 302 g/mol. The van der Waals surface area contributed by atoms with Crippen molar-refractivity contribution < 1.29 is 18.5 Å². The van der Waals surface area contributed by atoms with Gasteiger partial charge in [-0.15, -0.1) is 0 Å². The molecular formula is C13H14F2N2O3S. The molecule has 1 aromatic carbocycles. The molecule has 114 valence electrons. The summed E-state index contributed by atoms with van der Waals surface area (Å²) in [7, 11) is 0. The Balaban J connectivity index is 2.25. The highest BCUT2D eigenvalue weighted by Gasteiger charge is 2.30. The van der Waals surface area contributed by atoms with Crippen LogP contribution in [0, 0.1) is 21.7 Å². The van der Waals surface area contributed by atoms with E-state index in [1.165, 1.54) is 0 Å². The number of rotatable bonds is 4. The molecule has 1 fully saturated rings. The third-order valence-electron chi connectivity index (χ3n) is 3.53. The zero-order chi connectivity index (χ0) is 15.6. The predicted octanol–water partition coefficient (Wildman–Crippen LogP) is 2.89. The molecule has 0 spiro atoms. The molecule has 2 rings (SSSR count). The van der Waals surface area contributed by atoms with Crippen molar-refractivity contribution in [2.45, 2.75) is 30.6 Å². The van der Waals surface area contributed by atoms with Crippen LogP contribution in [0.15, 0.2) is 12.1 Å². The fraction of sp³-hybridized carbons (Fsp3) is 0.462. The van der Waals surface area contributed by atoms with Crippen molar-refractivity contribution in [2.75, 3.05) is 6.26 Å². The summed E-state index contributed by atoms with van der Waals surface area (Å²) < 4.78 is 27.3. The van der Waals surface area contributed by atoms with Gasteiger partial charge in [0.2, 0.25) is 5.82 Å². The molecule has 1 amide bonds. The Kier molecular flexibility index (Phi) is 4.76. The number of amides is 1. The lowest BCUT2D eigenvalue weighted by molar-refractivity contribution is -0.387. The summed E-state index contributed by atoms with van der Waals surface area (Å²) in [6.07, 6.45) is 4.57. The van der Waals surface area contributed by atoms with Crippen molar-refractivity contribution in [2.24, 2.45) is 0 Å². The largest absolute Gasteiger partial charge is 0.348 e. The first-order valence-electron chi connectivity index (χ1n) is 6.41. The van der Waals surface area contributed by atoms with E-state index in [4.69, 9.17) is 0 Å². The number of carbonyl (C=O) groups is 1. The van der Waals surface area contributed by atoms with Crippen LogP contribution in [0.4, 0.5) is 14.5 Å². The van der Waals surface area contributed by atoms with Gasteiger partial charge in [-0.05, 0) is 25.2 Å². The van der Waals surface area contributed by atoms with Gasteiger partial charge >= 0.3 is 5.69 Å². The fourth-order valence-corrected chi connectivity index (χ4v) is 3.43. The second-order valence-corrected chi connectivity index (χ2v) is 5.91. The zero-order valence-corrected chi connectivity index (χ0v) is 12.1. The standard InChI is InChI=1S/C13H14F2N2O3S/c1-21-11-4-2-3-9(11)16-13(18)8-5-7(14)6-10(12(8)15)17(19)20/h5-6,9,11H,2-4H2,1H3,(H,16,18). The molecule has 2 atom stereocenters. The Morgan fingerprint density at radius 1 is 1.43 bits per heavy atom. The van der Waals surface area contributed by atoms with Crippen LogP contribution in [-0.2, 0) is 0 Å². The molecule has 0 heterocycles. The van der Waals surface area contributed by atoms with Gasteiger partial charge in [-0.1, -0.05) is 6.42 Å². The second-order valence-electron chi connectivity index (χ2n) is 4.83. The highest BCUT2D eigenvalue weighted by atomic mass is 32.2. The first-order chi connectivity index (χ1) is 9.93. The molecule has 2 unspecified atom stereocenters. The third-order valence-corrected chi connectivity index (χ3v) is 4.70. The number of nitro benzene ring substituents is 1. The van der Waals surface area contributed by atoms with Crippen LogP contribution in [0.3, 0.4) is 0 Å². The smallest absolute Gasteiger partial charge is 0.308 e. The molecule has 0 aliphatic heterocycles.